The number of hydrogen-bond acceptors (Lipinski definition) is 2. The Morgan fingerprint density at radius 1 is 1.83 bits per heavy atom. The monoisotopic (exact) mass is 111 g/mol. The highest BCUT2D eigenvalue weighted by atomic mass is 35.5. The third kappa shape index (κ3) is 8.88. The summed E-state index contributed by atoms with van der Waals surface area (Å²) in [6, 6.07) is 0. The predicted octanol–water partition coefficient (Wildman–Crippen LogP) is 0.0953. The molecule has 0 aliphatic rings. The number of hydrogen-bond donors (Lipinski definition) is 2. The van der Waals surface area contributed by atoms with E-state index in [0.29, 0.717) is 6.42 Å². The lowest BCUT2D eigenvalue weighted by atomic mass is 10.5. The molecule has 0 amide bonds. The molecule has 0 bridgehead atoms. The van der Waals surface area contributed by atoms with Crippen molar-refractivity contribution in [1.82, 2.24) is 0 Å². The molecule has 0 saturated carbocycles. The maximum Gasteiger partial charge on any atom is 0.102 e. The highest BCUT2D eigenvalue weighted by Crippen LogP contribution is 1.72. The molecule has 0 fully saturated rings. The van der Waals surface area contributed by atoms with Gasteiger partial charge in [-0.15, -0.1) is 12.4 Å². The smallest absolute Gasteiger partial charge is 0.102 e. The van der Waals surface area contributed by atoms with Gasteiger partial charge in [0.25, 0.3) is 0 Å². The zero-order chi connectivity index (χ0) is 4.28. The number of nitrogens with two attached hydrogens (primary N) is 1. The summed E-state index contributed by atoms with van der Waals surface area (Å²) in [4.78, 5) is 0. The Morgan fingerprint density at radius 3 is 2.00 bits per heavy atom. The highest BCUT2D eigenvalue weighted by molar-refractivity contribution is 5.85. The van der Waals surface area contributed by atoms with E-state index in [2.05, 4.69) is 0 Å². The normalized spacial score (nSPS) is 12.5. The van der Waals surface area contributed by atoms with Crippen LogP contribution in [0.1, 0.15) is 13.3 Å². The first-order chi connectivity index (χ1) is 2.27. The topological polar surface area (TPSA) is 46.2 Å². The molecule has 0 heterocycles. The molecule has 0 aromatic rings. The van der Waals surface area contributed by atoms with E-state index in [1.807, 2.05) is 6.92 Å². The summed E-state index contributed by atoms with van der Waals surface area (Å²) in [5.74, 6) is 0. The molecular formula is C3H10ClNO. The Balaban J connectivity index is 0. The summed E-state index contributed by atoms with van der Waals surface area (Å²) < 4.78 is 0. The van der Waals surface area contributed by atoms with Crippen molar-refractivity contribution in [2.24, 2.45) is 5.73 Å². The third-order valence-corrected chi connectivity index (χ3v) is 0.418. The Morgan fingerprint density at radius 2 is 2.00 bits per heavy atom. The average Bonchev–Trinajstić information content (AvgIpc) is 1.38. The van der Waals surface area contributed by atoms with Gasteiger partial charge in [0.2, 0.25) is 0 Å². The molecule has 0 saturated heterocycles. The van der Waals surface area contributed by atoms with Gasteiger partial charge in [0, 0.05) is 0 Å². The van der Waals surface area contributed by atoms with Crippen LogP contribution in [-0.4, -0.2) is 11.3 Å². The molecule has 0 aromatic carbocycles. The van der Waals surface area contributed by atoms with Crippen molar-refractivity contribution in [3.63, 3.8) is 0 Å². The van der Waals surface area contributed by atoms with Gasteiger partial charge in [0.1, 0.15) is 6.23 Å². The minimum atomic E-state index is -0.616. The molecule has 6 heavy (non-hydrogen) atoms. The van der Waals surface area contributed by atoms with Gasteiger partial charge in [-0.1, -0.05) is 6.92 Å². The third-order valence-electron chi connectivity index (χ3n) is 0.418. The van der Waals surface area contributed by atoms with Crippen LogP contribution in [0.15, 0.2) is 0 Å². The Hall–Kier alpha value is 0.210. The zero-order valence-corrected chi connectivity index (χ0v) is 4.53. The molecule has 3 N–H and O–H groups in total. The quantitative estimate of drug-likeness (QED) is 0.472. The van der Waals surface area contributed by atoms with Crippen LogP contribution in [0.3, 0.4) is 0 Å². The lowest BCUT2D eigenvalue weighted by Crippen LogP contribution is -2.16. The molecule has 1 unspecified atom stereocenters. The van der Waals surface area contributed by atoms with Gasteiger partial charge in [-0.05, 0) is 6.42 Å². The van der Waals surface area contributed by atoms with E-state index in [4.69, 9.17) is 10.8 Å². The number of halogens is 1. The Labute approximate surface area is 43.8 Å². The van der Waals surface area contributed by atoms with E-state index in [0.717, 1.165) is 0 Å². The van der Waals surface area contributed by atoms with Crippen LogP contribution in [0, 0.1) is 0 Å². The molecule has 0 aliphatic heterocycles. The molecule has 3 heteroatoms. The van der Waals surface area contributed by atoms with Crippen LogP contribution in [0.2, 0.25) is 0 Å². The standard InChI is InChI=1S/C3H9NO.ClH/c1-2-3(4)5;/h3,5H,2,4H2,1H3;1H. The minimum Gasteiger partial charge on any atom is -0.379 e. The van der Waals surface area contributed by atoms with Gasteiger partial charge in [-0.3, -0.25) is 0 Å². The average molecular weight is 112 g/mol. The Bertz CT molecular complexity index is 24.8. The second-order valence-corrected chi connectivity index (χ2v) is 0.976. The lowest BCUT2D eigenvalue weighted by Gasteiger charge is -1.91. The van der Waals surface area contributed by atoms with Crippen molar-refractivity contribution in [1.29, 1.82) is 0 Å². The molecule has 0 spiro atoms. The van der Waals surface area contributed by atoms with Crippen molar-refractivity contribution in [3.8, 4) is 0 Å². The largest absolute Gasteiger partial charge is 0.379 e. The van der Waals surface area contributed by atoms with Gasteiger partial charge >= 0.3 is 0 Å². The fourth-order valence-electron chi connectivity index (χ4n) is 0. The molecule has 0 rings (SSSR count). The summed E-state index contributed by atoms with van der Waals surface area (Å²) in [6.45, 7) is 1.82. The van der Waals surface area contributed by atoms with E-state index in [-0.39, 0.29) is 12.4 Å². The summed E-state index contributed by atoms with van der Waals surface area (Å²) in [5.41, 5.74) is 4.85. The van der Waals surface area contributed by atoms with Gasteiger partial charge < -0.3 is 10.8 Å². The number of aliphatic hydroxyl groups excluding tert-OH is 1. The number of aliphatic hydroxyl groups is 1. The molecule has 40 valence electrons. The van der Waals surface area contributed by atoms with Crippen molar-refractivity contribution in [2.45, 2.75) is 19.6 Å². The first-order valence-corrected chi connectivity index (χ1v) is 1.71. The van der Waals surface area contributed by atoms with E-state index >= 15 is 0 Å². The van der Waals surface area contributed by atoms with Gasteiger partial charge in [0.05, 0.1) is 0 Å². The van der Waals surface area contributed by atoms with Crippen LogP contribution in [0.25, 0.3) is 0 Å². The van der Waals surface area contributed by atoms with Crippen LogP contribution in [-0.2, 0) is 0 Å². The van der Waals surface area contributed by atoms with E-state index in [9.17, 15) is 0 Å². The predicted molar refractivity (Wildman–Crippen MR) is 27.7 cm³/mol. The lowest BCUT2D eigenvalue weighted by molar-refractivity contribution is 0.178. The van der Waals surface area contributed by atoms with Crippen LogP contribution in [0.5, 0.6) is 0 Å². The maximum atomic E-state index is 8.14. The molecule has 0 aliphatic carbocycles. The van der Waals surface area contributed by atoms with Gasteiger partial charge in [-0.2, -0.15) is 0 Å². The summed E-state index contributed by atoms with van der Waals surface area (Å²) >= 11 is 0. The van der Waals surface area contributed by atoms with E-state index in [1.54, 1.807) is 0 Å². The van der Waals surface area contributed by atoms with Crippen molar-refractivity contribution < 1.29 is 5.11 Å². The highest BCUT2D eigenvalue weighted by Gasteiger charge is 1.81. The molecule has 0 radical (unpaired) electrons. The fourth-order valence-corrected chi connectivity index (χ4v) is 0. The molecule has 2 nitrogen and oxygen atoms in total. The van der Waals surface area contributed by atoms with E-state index in [1.165, 1.54) is 0 Å². The van der Waals surface area contributed by atoms with Gasteiger partial charge in [0.15, 0.2) is 0 Å². The molecule has 1 atom stereocenters. The minimum absolute atomic E-state index is 0. The fraction of sp³-hybridized carbons (Fsp3) is 1.00. The first kappa shape index (κ1) is 9.51. The molecule has 0 aromatic heterocycles. The van der Waals surface area contributed by atoms with Gasteiger partial charge in [-0.25, -0.2) is 0 Å². The summed E-state index contributed by atoms with van der Waals surface area (Å²) in [6.07, 6.45) is 0.0231. The van der Waals surface area contributed by atoms with Crippen LogP contribution >= 0.6 is 12.4 Å². The van der Waals surface area contributed by atoms with Crippen molar-refractivity contribution in [2.75, 3.05) is 0 Å². The zero-order valence-electron chi connectivity index (χ0n) is 3.72. The van der Waals surface area contributed by atoms with Crippen molar-refractivity contribution >= 4 is 12.4 Å². The Kier molecular flexibility index (Phi) is 8.26. The SMILES string of the molecule is CCC(N)O.Cl. The summed E-state index contributed by atoms with van der Waals surface area (Å²) in [7, 11) is 0. The van der Waals surface area contributed by atoms with Crippen LogP contribution in [0.4, 0.5) is 0 Å². The first-order valence-electron chi connectivity index (χ1n) is 1.71. The maximum absolute atomic E-state index is 8.14. The number of rotatable bonds is 1. The second-order valence-electron chi connectivity index (χ2n) is 0.976. The van der Waals surface area contributed by atoms with Crippen LogP contribution < -0.4 is 5.73 Å². The molecular weight excluding hydrogens is 101 g/mol. The second kappa shape index (κ2) is 5.21. The van der Waals surface area contributed by atoms with Crippen molar-refractivity contribution in [3.05, 3.63) is 0 Å². The summed E-state index contributed by atoms with van der Waals surface area (Å²) in [5, 5.41) is 8.14. The van der Waals surface area contributed by atoms with E-state index < -0.39 is 6.23 Å².